The number of halogens is 1. The van der Waals surface area contributed by atoms with Gasteiger partial charge in [-0.05, 0) is 37.3 Å². The normalized spacial score (nSPS) is 11.8. The summed E-state index contributed by atoms with van der Waals surface area (Å²) < 4.78 is 27.2. The molecule has 0 fully saturated rings. The van der Waals surface area contributed by atoms with E-state index in [1.165, 1.54) is 17.7 Å². The third-order valence-corrected chi connectivity index (χ3v) is 5.72. The SMILES string of the molecule is CC(=O)n1cc(S(=O)(=O)c2ccc(C)cc2)c2cc(Cl)ccc21. The minimum Gasteiger partial charge on any atom is -0.286 e. The predicted octanol–water partition coefficient (Wildman–Crippen LogP) is 4.10. The number of carbonyl (C=O) groups excluding carboxylic acids is 1. The van der Waals surface area contributed by atoms with E-state index < -0.39 is 9.84 Å². The standard InChI is InChI=1S/C17H14ClNO3S/c1-11-3-6-14(7-4-11)23(21,22)17-10-19(12(2)20)16-8-5-13(18)9-15(16)17/h3-10H,1-2H3. The highest BCUT2D eigenvalue weighted by molar-refractivity contribution is 7.91. The van der Waals surface area contributed by atoms with E-state index in [0.29, 0.717) is 15.9 Å². The molecule has 0 N–H and O–H groups in total. The third-order valence-electron chi connectivity index (χ3n) is 3.69. The lowest BCUT2D eigenvalue weighted by molar-refractivity contribution is 0.0941. The summed E-state index contributed by atoms with van der Waals surface area (Å²) in [4.78, 5) is 12.1. The number of aryl methyl sites for hydroxylation is 1. The Hall–Kier alpha value is -2.11. The maximum absolute atomic E-state index is 12.9. The smallest absolute Gasteiger partial charge is 0.227 e. The molecule has 0 saturated carbocycles. The Bertz CT molecular complexity index is 1020. The molecule has 0 bridgehead atoms. The van der Waals surface area contributed by atoms with Crippen LogP contribution in [0.15, 0.2) is 58.5 Å². The molecule has 0 atom stereocenters. The quantitative estimate of drug-likeness (QED) is 0.701. The number of hydrogen-bond acceptors (Lipinski definition) is 3. The summed E-state index contributed by atoms with van der Waals surface area (Å²) in [5.41, 5.74) is 1.49. The number of hydrogen-bond donors (Lipinski definition) is 0. The van der Waals surface area contributed by atoms with Gasteiger partial charge in [0.2, 0.25) is 15.7 Å². The van der Waals surface area contributed by atoms with Crippen molar-refractivity contribution in [2.24, 2.45) is 0 Å². The lowest BCUT2D eigenvalue weighted by atomic mass is 10.2. The number of benzene rings is 2. The summed E-state index contributed by atoms with van der Waals surface area (Å²) in [7, 11) is -3.74. The zero-order valence-electron chi connectivity index (χ0n) is 12.6. The van der Waals surface area contributed by atoms with Crippen LogP contribution in [0.5, 0.6) is 0 Å². The van der Waals surface area contributed by atoms with Crippen LogP contribution in [0.3, 0.4) is 0 Å². The molecular formula is C17H14ClNO3S. The van der Waals surface area contributed by atoms with Gasteiger partial charge in [-0.1, -0.05) is 29.3 Å². The minimum absolute atomic E-state index is 0.0778. The second-order valence-electron chi connectivity index (χ2n) is 5.36. The Balaban J connectivity index is 2.33. The number of sulfone groups is 1. The largest absolute Gasteiger partial charge is 0.286 e. The molecule has 0 aliphatic rings. The van der Waals surface area contributed by atoms with Gasteiger partial charge in [-0.2, -0.15) is 0 Å². The van der Waals surface area contributed by atoms with Crippen LogP contribution in [0.4, 0.5) is 0 Å². The van der Waals surface area contributed by atoms with Crippen molar-refractivity contribution in [1.82, 2.24) is 4.57 Å². The molecule has 118 valence electrons. The average Bonchev–Trinajstić information content (AvgIpc) is 2.87. The maximum atomic E-state index is 12.9. The van der Waals surface area contributed by atoms with Gasteiger partial charge >= 0.3 is 0 Å². The monoisotopic (exact) mass is 347 g/mol. The van der Waals surface area contributed by atoms with Gasteiger partial charge in [0.15, 0.2) is 0 Å². The van der Waals surface area contributed by atoms with Crippen LogP contribution in [0.25, 0.3) is 10.9 Å². The van der Waals surface area contributed by atoms with E-state index in [1.54, 1.807) is 42.5 Å². The fraction of sp³-hybridized carbons (Fsp3) is 0.118. The van der Waals surface area contributed by atoms with E-state index in [0.717, 1.165) is 5.56 Å². The molecule has 3 aromatic rings. The highest BCUT2D eigenvalue weighted by atomic mass is 35.5. The fourth-order valence-corrected chi connectivity index (χ4v) is 4.11. The summed E-state index contributed by atoms with van der Waals surface area (Å²) in [5.74, 6) is -0.261. The highest BCUT2D eigenvalue weighted by Crippen LogP contribution is 2.32. The molecule has 6 heteroatoms. The number of aromatic nitrogens is 1. The molecule has 0 saturated heterocycles. The molecule has 3 rings (SSSR count). The molecule has 0 amide bonds. The average molecular weight is 348 g/mol. The van der Waals surface area contributed by atoms with E-state index in [-0.39, 0.29) is 15.7 Å². The van der Waals surface area contributed by atoms with Crippen molar-refractivity contribution >= 4 is 38.2 Å². The lowest BCUT2D eigenvalue weighted by Gasteiger charge is -2.04. The Labute approximate surface area is 139 Å². The maximum Gasteiger partial charge on any atom is 0.227 e. The van der Waals surface area contributed by atoms with Gasteiger partial charge in [0.25, 0.3) is 0 Å². The molecule has 23 heavy (non-hydrogen) atoms. The second-order valence-corrected chi connectivity index (χ2v) is 7.71. The van der Waals surface area contributed by atoms with Crippen LogP contribution < -0.4 is 0 Å². The van der Waals surface area contributed by atoms with Crippen LogP contribution in [0.2, 0.25) is 5.02 Å². The zero-order chi connectivity index (χ0) is 16.8. The van der Waals surface area contributed by atoms with Gasteiger partial charge in [0.1, 0.15) is 0 Å². The summed E-state index contributed by atoms with van der Waals surface area (Å²) >= 11 is 6.01. The first-order chi connectivity index (χ1) is 10.8. The first-order valence-electron chi connectivity index (χ1n) is 6.94. The molecule has 0 aliphatic heterocycles. The van der Waals surface area contributed by atoms with Crippen molar-refractivity contribution in [3.05, 3.63) is 59.2 Å². The molecular weight excluding hydrogens is 334 g/mol. The molecule has 0 radical (unpaired) electrons. The van der Waals surface area contributed by atoms with Gasteiger partial charge in [0, 0.05) is 23.5 Å². The minimum atomic E-state index is -3.74. The zero-order valence-corrected chi connectivity index (χ0v) is 14.1. The van der Waals surface area contributed by atoms with Crippen molar-refractivity contribution in [3.63, 3.8) is 0 Å². The molecule has 1 aromatic heterocycles. The predicted molar refractivity (Wildman–Crippen MR) is 89.9 cm³/mol. The van der Waals surface area contributed by atoms with Crippen LogP contribution in [-0.4, -0.2) is 18.9 Å². The lowest BCUT2D eigenvalue weighted by Crippen LogP contribution is -2.04. The van der Waals surface area contributed by atoms with Crippen molar-refractivity contribution in [2.45, 2.75) is 23.6 Å². The van der Waals surface area contributed by atoms with Crippen LogP contribution in [0.1, 0.15) is 17.3 Å². The molecule has 2 aromatic carbocycles. The van der Waals surface area contributed by atoms with Gasteiger partial charge < -0.3 is 0 Å². The van der Waals surface area contributed by atoms with Crippen LogP contribution in [-0.2, 0) is 9.84 Å². The number of carbonyl (C=O) groups is 1. The van der Waals surface area contributed by atoms with Crippen molar-refractivity contribution in [2.75, 3.05) is 0 Å². The van der Waals surface area contributed by atoms with Gasteiger partial charge in [-0.25, -0.2) is 8.42 Å². The van der Waals surface area contributed by atoms with Crippen LogP contribution in [0, 0.1) is 6.92 Å². The van der Waals surface area contributed by atoms with Gasteiger partial charge in [0.05, 0.1) is 15.3 Å². The first-order valence-corrected chi connectivity index (χ1v) is 8.80. The highest BCUT2D eigenvalue weighted by Gasteiger charge is 2.24. The fourth-order valence-electron chi connectivity index (χ4n) is 2.49. The van der Waals surface area contributed by atoms with E-state index >= 15 is 0 Å². The molecule has 4 nitrogen and oxygen atoms in total. The van der Waals surface area contributed by atoms with Crippen molar-refractivity contribution in [1.29, 1.82) is 0 Å². The summed E-state index contributed by atoms with van der Waals surface area (Å²) in [6.45, 7) is 3.27. The van der Waals surface area contributed by atoms with Crippen molar-refractivity contribution in [3.8, 4) is 0 Å². The Kier molecular flexibility index (Phi) is 3.78. The van der Waals surface area contributed by atoms with E-state index in [1.807, 2.05) is 6.92 Å². The topological polar surface area (TPSA) is 56.1 Å². The third kappa shape index (κ3) is 2.66. The molecule has 0 aliphatic carbocycles. The summed E-state index contributed by atoms with van der Waals surface area (Å²) in [6, 6.07) is 11.4. The number of rotatable bonds is 2. The molecule has 0 spiro atoms. The summed E-state index contributed by atoms with van der Waals surface area (Å²) in [5, 5.41) is 0.854. The van der Waals surface area contributed by atoms with E-state index in [4.69, 9.17) is 11.6 Å². The Morgan fingerprint density at radius 1 is 1.09 bits per heavy atom. The number of fused-ring (bicyclic) bond motifs is 1. The van der Waals surface area contributed by atoms with E-state index in [2.05, 4.69) is 0 Å². The van der Waals surface area contributed by atoms with Gasteiger partial charge in [-0.15, -0.1) is 0 Å². The Morgan fingerprint density at radius 3 is 2.35 bits per heavy atom. The molecule has 1 heterocycles. The molecule has 0 unspecified atom stereocenters. The second kappa shape index (κ2) is 5.51. The Morgan fingerprint density at radius 2 is 1.74 bits per heavy atom. The van der Waals surface area contributed by atoms with E-state index in [9.17, 15) is 13.2 Å². The summed E-state index contributed by atoms with van der Waals surface area (Å²) in [6.07, 6.45) is 1.36. The first kappa shape index (κ1) is 15.8. The van der Waals surface area contributed by atoms with Crippen molar-refractivity contribution < 1.29 is 13.2 Å². The number of nitrogens with zero attached hydrogens (tertiary/aromatic N) is 1. The van der Waals surface area contributed by atoms with Crippen LogP contribution >= 0.6 is 11.6 Å². The van der Waals surface area contributed by atoms with Gasteiger partial charge in [-0.3, -0.25) is 9.36 Å².